The molecule has 2 aromatic carbocycles. The number of nitrogens with zero attached hydrogens (tertiary/aromatic N) is 2. The minimum absolute atomic E-state index is 0.115. The molecule has 0 aliphatic carbocycles. The number of esters is 1. The summed E-state index contributed by atoms with van der Waals surface area (Å²) in [5, 5.41) is 5.68. The first-order chi connectivity index (χ1) is 18.2. The molecule has 2 aliphatic heterocycles. The Morgan fingerprint density at radius 2 is 1.82 bits per heavy atom. The fraction of sp³-hybridized carbons (Fsp3) is 0.345. The summed E-state index contributed by atoms with van der Waals surface area (Å²) < 4.78 is 16.7. The number of allylic oxidation sites excluding steroid dienone is 1. The molecule has 1 N–H and O–H groups in total. The Morgan fingerprint density at radius 1 is 1.08 bits per heavy atom. The van der Waals surface area contributed by atoms with Gasteiger partial charge in [0.2, 0.25) is 5.91 Å². The first-order valence-corrected chi connectivity index (χ1v) is 13.3. The second-order valence-electron chi connectivity index (χ2n) is 9.33. The number of ether oxygens (including phenoxy) is 3. The van der Waals surface area contributed by atoms with Crippen molar-refractivity contribution in [1.82, 2.24) is 10.2 Å². The van der Waals surface area contributed by atoms with Gasteiger partial charge in [0.15, 0.2) is 5.17 Å². The van der Waals surface area contributed by atoms with Gasteiger partial charge in [-0.25, -0.2) is 9.79 Å². The van der Waals surface area contributed by atoms with Crippen molar-refractivity contribution in [3.63, 3.8) is 0 Å². The van der Waals surface area contributed by atoms with Crippen LogP contribution < -0.4 is 14.8 Å². The van der Waals surface area contributed by atoms with Crippen LogP contribution in [0.15, 0.2) is 75.9 Å². The quantitative estimate of drug-likeness (QED) is 0.424. The van der Waals surface area contributed by atoms with E-state index in [2.05, 4.69) is 5.32 Å². The van der Waals surface area contributed by atoms with Crippen LogP contribution >= 0.6 is 11.8 Å². The number of aliphatic imine (C=N–C) groups is 1. The number of hydrogen-bond acceptors (Lipinski definition) is 8. The summed E-state index contributed by atoms with van der Waals surface area (Å²) in [4.78, 5) is 33.2. The van der Waals surface area contributed by atoms with Crippen LogP contribution in [0.4, 0.5) is 0 Å². The molecule has 8 nitrogen and oxygen atoms in total. The van der Waals surface area contributed by atoms with Gasteiger partial charge in [-0.15, -0.1) is 0 Å². The highest BCUT2D eigenvalue weighted by Crippen LogP contribution is 2.47. The van der Waals surface area contributed by atoms with Gasteiger partial charge in [0.1, 0.15) is 11.5 Å². The SMILES string of the molecule is COc1ccc(C2C(C(=O)OC(C)C)=C(C)N=C3SC=C(CC(=O)NC(C)c4ccccc4)N32)c(OC)c1. The average Bonchev–Trinajstić information content (AvgIpc) is 3.28. The third-order valence-electron chi connectivity index (χ3n) is 6.32. The predicted molar refractivity (Wildman–Crippen MR) is 149 cm³/mol. The second kappa shape index (κ2) is 11.8. The van der Waals surface area contributed by atoms with Crippen LogP contribution in [0.1, 0.15) is 57.3 Å². The van der Waals surface area contributed by atoms with Crippen LogP contribution in [0, 0.1) is 0 Å². The summed E-state index contributed by atoms with van der Waals surface area (Å²) in [6, 6.07) is 14.5. The standard InChI is InChI=1S/C29H33N3O5S/c1-17(2)37-28(34)26-19(4)31-29-32(27(26)23-13-12-22(35-5)15-24(23)36-6)21(16-38-29)14-25(33)30-18(3)20-10-8-7-9-11-20/h7-13,15-18,27H,14H2,1-6H3,(H,30,33). The van der Waals surface area contributed by atoms with E-state index < -0.39 is 12.0 Å². The van der Waals surface area contributed by atoms with Crippen molar-refractivity contribution in [2.75, 3.05) is 14.2 Å². The van der Waals surface area contributed by atoms with E-state index in [1.54, 1.807) is 27.2 Å². The van der Waals surface area contributed by atoms with Gasteiger partial charge in [0.05, 0.1) is 50.1 Å². The number of hydrogen-bond donors (Lipinski definition) is 1. The van der Waals surface area contributed by atoms with Crippen LogP contribution in [0.5, 0.6) is 11.5 Å². The fourth-order valence-corrected chi connectivity index (χ4v) is 5.49. The van der Waals surface area contributed by atoms with E-state index >= 15 is 0 Å². The fourth-order valence-electron chi connectivity index (χ4n) is 4.53. The van der Waals surface area contributed by atoms with Crippen molar-refractivity contribution in [2.24, 2.45) is 4.99 Å². The molecular formula is C29H33N3O5S. The van der Waals surface area contributed by atoms with Crippen molar-refractivity contribution in [1.29, 1.82) is 0 Å². The van der Waals surface area contributed by atoms with Gasteiger partial charge in [-0.3, -0.25) is 4.79 Å². The Labute approximate surface area is 227 Å². The molecule has 1 amide bonds. The first kappa shape index (κ1) is 27.3. The van der Waals surface area contributed by atoms with E-state index in [-0.39, 0.29) is 24.5 Å². The molecule has 0 bridgehead atoms. The lowest BCUT2D eigenvalue weighted by molar-refractivity contribution is -0.143. The molecule has 2 heterocycles. The summed E-state index contributed by atoms with van der Waals surface area (Å²) in [5.74, 6) is 0.592. The molecule has 0 spiro atoms. The maximum Gasteiger partial charge on any atom is 0.338 e. The van der Waals surface area contributed by atoms with Gasteiger partial charge >= 0.3 is 5.97 Å². The maximum absolute atomic E-state index is 13.4. The molecule has 0 saturated carbocycles. The number of amidine groups is 1. The number of methoxy groups -OCH3 is 2. The molecule has 0 fully saturated rings. The minimum Gasteiger partial charge on any atom is -0.497 e. The number of benzene rings is 2. The van der Waals surface area contributed by atoms with Gasteiger partial charge in [-0.2, -0.15) is 0 Å². The molecule has 4 rings (SSSR count). The third-order valence-corrected chi connectivity index (χ3v) is 7.21. The Hall–Kier alpha value is -3.72. The number of rotatable bonds is 9. The number of fused-ring (bicyclic) bond motifs is 1. The zero-order valence-corrected chi connectivity index (χ0v) is 23.3. The number of carbonyl (C=O) groups is 2. The van der Waals surface area contributed by atoms with E-state index in [0.717, 1.165) is 16.8 Å². The molecule has 2 atom stereocenters. The van der Waals surface area contributed by atoms with Crippen LogP contribution in [0.25, 0.3) is 0 Å². The largest absolute Gasteiger partial charge is 0.497 e. The molecule has 2 aromatic rings. The Bertz CT molecular complexity index is 1300. The van der Waals surface area contributed by atoms with Crippen molar-refractivity contribution in [2.45, 2.75) is 52.3 Å². The molecule has 2 unspecified atom stereocenters. The maximum atomic E-state index is 13.4. The number of thioether (sulfide) groups is 1. The van der Waals surface area contributed by atoms with E-state index in [1.807, 2.05) is 73.5 Å². The summed E-state index contributed by atoms with van der Waals surface area (Å²) in [6.07, 6.45) is -0.191. The number of carbonyl (C=O) groups excluding carboxylic acids is 2. The Morgan fingerprint density at radius 3 is 2.47 bits per heavy atom. The second-order valence-corrected chi connectivity index (χ2v) is 10.2. The average molecular weight is 536 g/mol. The lowest BCUT2D eigenvalue weighted by atomic mass is 9.93. The minimum atomic E-state index is -0.602. The first-order valence-electron chi connectivity index (χ1n) is 12.4. The van der Waals surface area contributed by atoms with E-state index in [0.29, 0.717) is 27.9 Å². The lowest BCUT2D eigenvalue weighted by Gasteiger charge is -2.37. The smallest absolute Gasteiger partial charge is 0.338 e. The molecule has 200 valence electrons. The van der Waals surface area contributed by atoms with Gasteiger partial charge in [0.25, 0.3) is 0 Å². The van der Waals surface area contributed by atoms with E-state index in [9.17, 15) is 9.59 Å². The normalized spacial score (nSPS) is 17.4. The van der Waals surface area contributed by atoms with E-state index in [1.165, 1.54) is 11.8 Å². The summed E-state index contributed by atoms with van der Waals surface area (Å²) in [5.41, 5.74) is 3.46. The van der Waals surface area contributed by atoms with Gasteiger partial charge in [0, 0.05) is 17.3 Å². The zero-order valence-electron chi connectivity index (χ0n) is 22.5. The van der Waals surface area contributed by atoms with Crippen molar-refractivity contribution < 1.29 is 23.8 Å². The molecule has 0 aromatic heterocycles. The number of amides is 1. The molecule has 0 radical (unpaired) electrons. The highest BCUT2D eigenvalue weighted by Gasteiger charge is 2.42. The van der Waals surface area contributed by atoms with Gasteiger partial charge < -0.3 is 24.4 Å². The summed E-state index contributed by atoms with van der Waals surface area (Å²) >= 11 is 1.42. The highest BCUT2D eigenvalue weighted by molar-refractivity contribution is 8.16. The highest BCUT2D eigenvalue weighted by atomic mass is 32.2. The van der Waals surface area contributed by atoms with Crippen LogP contribution in [0.3, 0.4) is 0 Å². The molecule has 38 heavy (non-hydrogen) atoms. The Kier molecular flexibility index (Phi) is 8.46. The van der Waals surface area contributed by atoms with Crippen molar-refractivity contribution in [3.8, 4) is 11.5 Å². The predicted octanol–water partition coefficient (Wildman–Crippen LogP) is 5.50. The van der Waals surface area contributed by atoms with Gasteiger partial charge in [-0.1, -0.05) is 42.1 Å². The zero-order chi connectivity index (χ0) is 27.4. The Balaban J connectivity index is 1.70. The monoisotopic (exact) mass is 535 g/mol. The topological polar surface area (TPSA) is 89.5 Å². The van der Waals surface area contributed by atoms with Crippen LogP contribution in [-0.4, -0.2) is 42.3 Å². The van der Waals surface area contributed by atoms with E-state index in [4.69, 9.17) is 19.2 Å². The molecular weight excluding hydrogens is 502 g/mol. The molecule has 2 aliphatic rings. The van der Waals surface area contributed by atoms with Crippen LogP contribution in [0.2, 0.25) is 0 Å². The molecule has 0 saturated heterocycles. The lowest BCUT2D eigenvalue weighted by Crippen LogP contribution is -2.38. The molecule has 9 heteroatoms. The summed E-state index contributed by atoms with van der Waals surface area (Å²) in [7, 11) is 3.16. The third kappa shape index (κ3) is 5.72. The number of nitrogens with one attached hydrogen (secondary N) is 1. The van der Waals surface area contributed by atoms with Gasteiger partial charge in [-0.05, 0) is 50.8 Å². The summed E-state index contributed by atoms with van der Waals surface area (Å²) in [6.45, 7) is 7.38. The van der Waals surface area contributed by atoms with Crippen LogP contribution in [-0.2, 0) is 14.3 Å². The van der Waals surface area contributed by atoms with Crippen molar-refractivity contribution in [3.05, 3.63) is 82.0 Å². The van der Waals surface area contributed by atoms with Crippen molar-refractivity contribution >= 4 is 28.8 Å².